The number of para-hydroxylation sites is 2. The van der Waals surface area contributed by atoms with Gasteiger partial charge in [-0.15, -0.1) is 11.3 Å². The van der Waals surface area contributed by atoms with Crippen LogP contribution in [0.15, 0.2) is 72.1 Å². The van der Waals surface area contributed by atoms with Crippen molar-refractivity contribution in [3.63, 3.8) is 0 Å². The number of benzene rings is 2. The van der Waals surface area contributed by atoms with E-state index in [1.807, 2.05) is 47.8 Å². The van der Waals surface area contributed by atoms with Crippen LogP contribution in [0.25, 0.3) is 0 Å². The van der Waals surface area contributed by atoms with E-state index >= 15 is 0 Å². The number of nitrogens with zero attached hydrogens (tertiary/aromatic N) is 2. The molecule has 1 aromatic heterocycles. The molecule has 3 unspecified atom stereocenters. The van der Waals surface area contributed by atoms with Crippen LogP contribution in [0.3, 0.4) is 0 Å². The zero-order valence-electron chi connectivity index (χ0n) is 17.2. The fourth-order valence-corrected chi connectivity index (χ4v) is 5.10. The van der Waals surface area contributed by atoms with Gasteiger partial charge in [-0.3, -0.25) is 14.4 Å². The highest BCUT2D eigenvalue weighted by atomic mass is 32.1. The van der Waals surface area contributed by atoms with Crippen molar-refractivity contribution >= 4 is 40.5 Å². The number of hydrogen-bond acceptors (Lipinski definition) is 7. The first kappa shape index (κ1) is 20.4. The molecule has 2 saturated heterocycles. The van der Waals surface area contributed by atoms with Gasteiger partial charge >= 0.3 is 5.97 Å². The third-order valence-corrected chi connectivity index (χ3v) is 6.54. The van der Waals surface area contributed by atoms with Crippen molar-refractivity contribution in [2.24, 2.45) is 5.92 Å². The first-order valence-electron chi connectivity index (χ1n) is 10.3. The lowest BCUT2D eigenvalue weighted by Gasteiger charge is -2.28. The minimum absolute atomic E-state index is 0.170. The maximum Gasteiger partial charge on any atom is 0.340 e. The van der Waals surface area contributed by atoms with Gasteiger partial charge in [-0.1, -0.05) is 36.4 Å². The third kappa shape index (κ3) is 3.19. The van der Waals surface area contributed by atoms with E-state index in [4.69, 9.17) is 9.57 Å². The Labute approximate surface area is 188 Å². The molecular formula is C24H20N2O5S. The van der Waals surface area contributed by atoms with Crippen LogP contribution in [0.5, 0.6) is 0 Å². The fourth-order valence-electron chi connectivity index (χ4n) is 4.25. The van der Waals surface area contributed by atoms with Gasteiger partial charge in [0.25, 0.3) is 5.91 Å². The van der Waals surface area contributed by atoms with Gasteiger partial charge in [-0.25, -0.2) is 14.8 Å². The van der Waals surface area contributed by atoms with E-state index in [-0.39, 0.29) is 17.9 Å². The van der Waals surface area contributed by atoms with Crippen molar-refractivity contribution in [3.05, 3.63) is 82.6 Å². The molecule has 2 aliphatic heterocycles. The lowest BCUT2D eigenvalue weighted by atomic mass is 9.95. The smallest absolute Gasteiger partial charge is 0.340 e. The zero-order valence-corrected chi connectivity index (χ0v) is 18.0. The van der Waals surface area contributed by atoms with Crippen LogP contribution in [0.2, 0.25) is 0 Å². The monoisotopic (exact) mass is 448 g/mol. The molecule has 3 atom stereocenters. The predicted octanol–water partition coefficient (Wildman–Crippen LogP) is 3.98. The molecule has 0 spiro atoms. The Morgan fingerprint density at radius 3 is 2.47 bits per heavy atom. The minimum atomic E-state index is -0.981. The molecule has 32 heavy (non-hydrogen) atoms. The van der Waals surface area contributed by atoms with E-state index in [1.54, 1.807) is 36.3 Å². The van der Waals surface area contributed by atoms with Crippen molar-refractivity contribution in [2.75, 3.05) is 16.6 Å². The molecule has 2 aliphatic rings. The third-order valence-electron chi connectivity index (χ3n) is 5.60. The number of anilines is 2. The molecule has 5 rings (SSSR count). The van der Waals surface area contributed by atoms with Gasteiger partial charge in [0, 0.05) is 4.88 Å². The quantitative estimate of drug-likeness (QED) is 0.434. The van der Waals surface area contributed by atoms with Crippen molar-refractivity contribution in [1.29, 1.82) is 0 Å². The first-order chi connectivity index (χ1) is 15.6. The van der Waals surface area contributed by atoms with Crippen molar-refractivity contribution in [2.45, 2.75) is 19.1 Å². The number of rotatable bonds is 5. The molecule has 3 aromatic rings. The standard InChI is InChI=1S/C24H20N2O5S/c1-2-30-24(29)16-11-6-7-12-17(16)25-22(27)19-20(18-13-8-14-32-18)26(31-21(19)23(25)28)15-9-4-3-5-10-15/h3-14,19-21H,2H2,1H3. The highest BCUT2D eigenvalue weighted by Crippen LogP contribution is 2.48. The summed E-state index contributed by atoms with van der Waals surface area (Å²) in [6, 6.07) is 19.3. The molecule has 3 heterocycles. The van der Waals surface area contributed by atoms with Gasteiger partial charge in [0.15, 0.2) is 6.10 Å². The SMILES string of the molecule is CCOC(=O)c1ccccc1N1C(=O)C2ON(c3ccccc3)C(c3cccs3)C2C1=O. The second kappa shape index (κ2) is 8.22. The summed E-state index contributed by atoms with van der Waals surface area (Å²) in [6.45, 7) is 1.89. The average Bonchev–Trinajstić information content (AvgIpc) is 3.52. The summed E-state index contributed by atoms with van der Waals surface area (Å²) in [7, 11) is 0. The van der Waals surface area contributed by atoms with Crippen LogP contribution in [0.1, 0.15) is 28.2 Å². The Kier molecular flexibility index (Phi) is 5.24. The summed E-state index contributed by atoms with van der Waals surface area (Å²) in [5, 5.41) is 3.59. The molecule has 0 N–H and O–H groups in total. The van der Waals surface area contributed by atoms with Gasteiger partial charge in [0.1, 0.15) is 12.0 Å². The number of thiophene rings is 1. The number of imide groups is 1. The van der Waals surface area contributed by atoms with Gasteiger partial charge in [-0.05, 0) is 42.6 Å². The molecule has 2 aromatic carbocycles. The second-order valence-electron chi connectivity index (χ2n) is 7.42. The average molecular weight is 449 g/mol. The summed E-state index contributed by atoms with van der Waals surface area (Å²) >= 11 is 1.50. The molecule has 0 saturated carbocycles. The van der Waals surface area contributed by atoms with E-state index in [0.717, 1.165) is 15.5 Å². The summed E-state index contributed by atoms with van der Waals surface area (Å²) in [4.78, 5) is 47.6. The van der Waals surface area contributed by atoms with E-state index in [0.29, 0.717) is 0 Å². The topological polar surface area (TPSA) is 76.2 Å². The van der Waals surface area contributed by atoms with Gasteiger partial charge in [-0.2, -0.15) is 0 Å². The summed E-state index contributed by atoms with van der Waals surface area (Å²) in [6.07, 6.45) is -0.981. The zero-order chi connectivity index (χ0) is 22.2. The van der Waals surface area contributed by atoms with Crippen LogP contribution in [-0.2, 0) is 19.2 Å². The lowest BCUT2D eigenvalue weighted by molar-refractivity contribution is -0.126. The van der Waals surface area contributed by atoms with Crippen molar-refractivity contribution in [3.8, 4) is 0 Å². The second-order valence-corrected chi connectivity index (χ2v) is 8.40. The summed E-state index contributed by atoms with van der Waals surface area (Å²) in [5.74, 6) is -2.20. The van der Waals surface area contributed by atoms with Crippen molar-refractivity contribution < 1.29 is 24.0 Å². The summed E-state index contributed by atoms with van der Waals surface area (Å²) in [5.41, 5.74) is 1.15. The van der Waals surface area contributed by atoms with Gasteiger partial charge in [0.2, 0.25) is 5.91 Å². The highest BCUT2D eigenvalue weighted by Gasteiger charge is 2.60. The molecule has 0 radical (unpaired) electrons. The number of fused-ring (bicyclic) bond motifs is 1. The van der Waals surface area contributed by atoms with Gasteiger partial charge < -0.3 is 4.74 Å². The van der Waals surface area contributed by atoms with Crippen LogP contribution >= 0.6 is 11.3 Å². The maximum absolute atomic E-state index is 13.7. The Bertz CT molecular complexity index is 1160. The number of carbonyl (C=O) groups excluding carboxylic acids is 3. The van der Waals surface area contributed by atoms with Crippen LogP contribution in [0, 0.1) is 5.92 Å². The summed E-state index contributed by atoms with van der Waals surface area (Å²) < 4.78 is 5.12. The van der Waals surface area contributed by atoms with Gasteiger partial charge in [0.05, 0.1) is 23.5 Å². The Hall–Kier alpha value is -3.49. The highest BCUT2D eigenvalue weighted by molar-refractivity contribution is 7.10. The van der Waals surface area contributed by atoms with Crippen LogP contribution in [0.4, 0.5) is 11.4 Å². The molecule has 162 valence electrons. The normalized spacial score (nSPS) is 22.3. The number of amides is 2. The van der Waals surface area contributed by atoms with Crippen LogP contribution < -0.4 is 9.96 Å². The van der Waals surface area contributed by atoms with E-state index in [1.165, 1.54) is 11.3 Å². The van der Waals surface area contributed by atoms with Crippen LogP contribution in [-0.4, -0.2) is 30.5 Å². The van der Waals surface area contributed by atoms with E-state index in [9.17, 15) is 14.4 Å². The number of hydroxylamine groups is 1. The molecule has 0 aliphatic carbocycles. The van der Waals surface area contributed by atoms with Crippen molar-refractivity contribution in [1.82, 2.24) is 0 Å². The number of carbonyl (C=O) groups is 3. The molecule has 2 fully saturated rings. The molecule has 7 nitrogen and oxygen atoms in total. The maximum atomic E-state index is 13.7. The number of ether oxygens (including phenoxy) is 1. The number of esters is 1. The number of hydrogen-bond donors (Lipinski definition) is 0. The molecular weight excluding hydrogens is 428 g/mol. The van der Waals surface area contributed by atoms with E-state index in [2.05, 4.69) is 0 Å². The minimum Gasteiger partial charge on any atom is -0.462 e. The lowest BCUT2D eigenvalue weighted by Crippen LogP contribution is -2.38. The Morgan fingerprint density at radius 1 is 1.00 bits per heavy atom. The predicted molar refractivity (Wildman–Crippen MR) is 119 cm³/mol. The molecule has 8 heteroatoms. The largest absolute Gasteiger partial charge is 0.462 e. The Balaban J connectivity index is 1.56. The van der Waals surface area contributed by atoms with E-state index < -0.39 is 35.8 Å². The fraction of sp³-hybridized carbons (Fsp3) is 0.208. The first-order valence-corrected chi connectivity index (χ1v) is 11.2. The molecule has 2 amide bonds. The Morgan fingerprint density at radius 2 is 1.75 bits per heavy atom. The molecule has 0 bridgehead atoms.